The number of aliphatic hydroxyl groups excluding tert-OH is 2. The van der Waals surface area contributed by atoms with Crippen LogP contribution in [0.15, 0.2) is 11.6 Å². The summed E-state index contributed by atoms with van der Waals surface area (Å²) in [4.78, 5) is 44.6. The second-order valence-electron chi connectivity index (χ2n) is 22.0. The number of carbonyl (C=O) groups is 3. The monoisotopic (exact) mass is 924 g/mol. The third kappa shape index (κ3) is 11.2. The number of Topliss-reactive ketones (excluding diaryl/α,β-unsaturated/α-hetero) is 1. The predicted molar refractivity (Wildman–Crippen MR) is 245 cm³/mol. The van der Waals surface area contributed by atoms with Crippen LogP contribution in [0.3, 0.4) is 0 Å². The van der Waals surface area contributed by atoms with Crippen LogP contribution in [0.2, 0.25) is 18.1 Å². The lowest BCUT2D eigenvalue weighted by atomic mass is 9.78. The number of ketones is 1. The molecule has 0 radical (unpaired) electrons. The lowest BCUT2D eigenvalue weighted by Gasteiger charge is -2.47. The first-order valence-corrected chi connectivity index (χ1v) is 27.2. The Morgan fingerprint density at radius 3 is 2.14 bits per heavy atom. The first kappa shape index (κ1) is 53.2. The zero-order valence-electron chi connectivity index (χ0n) is 41.6. The summed E-state index contributed by atoms with van der Waals surface area (Å²) in [5.41, 5.74) is -0.200. The number of hydrogen-bond acceptors (Lipinski definition) is 13. The van der Waals surface area contributed by atoms with E-state index in [1.54, 1.807) is 14.0 Å². The fourth-order valence-corrected chi connectivity index (χ4v) is 12.7. The minimum atomic E-state index is -2.52. The Kier molecular flexibility index (Phi) is 17.6. The number of fused-ring (bicyclic) bond motifs is 5. The quantitative estimate of drug-likeness (QED) is 0.104. The largest absolute Gasteiger partial charge is 0.456 e. The average molecular weight is 924 g/mol. The van der Waals surface area contributed by atoms with Gasteiger partial charge in [-0.25, -0.2) is 4.79 Å². The number of allylic oxidation sites excluding steroid dienone is 1. The van der Waals surface area contributed by atoms with Crippen molar-refractivity contribution in [2.45, 2.75) is 223 Å². The number of rotatable bonds is 8. The van der Waals surface area contributed by atoms with Gasteiger partial charge in [0.15, 0.2) is 8.32 Å². The molecule has 64 heavy (non-hydrogen) atoms. The van der Waals surface area contributed by atoms with E-state index in [9.17, 15) is 29.7 Å². The number of carbonyl (C=O) groups excluding carboxylic acids is 3. The van der Waals surface area contributed by atoms with Crippen LogP contribution in [0.5, 0.6) is 0 Å². The standard InChI is InChI=1S/C49H85NO13Si/c1-15-33-37-26-35(51)31(5)41(29(3)23-32-19-20-36(38(25-32)57-10)63-64(13,14)47(6,7)8)60-46(55)34-18-16-17-21-50(34)45(54)44(53)49(56)30(4)24-40(59-12)42(62-49)39(58-11)22-28(2)27-48(9,61-37)43(33)52/h23,28,30-43,51-52,56H,15-22,24-27H2,1-14H3/b29-23+/t28-,30-,31-,32+,33+,34+,35+,36-,37+,38-,39+,40+,41+,42-,43?,48?,49-/m1/s1. The summed E-state index contributed by atoms with van der Waals surface area (Å²) in [5.74, 6) is -7.10. The van der Waals surface area contributed by atoms with Crippen LogP contribution in [-0.4, -0.2) is 146 Å². The van der Waals surface area contributed by atoms with E-state index in [1.165, 1.54) is 19.1 Å². The van der Waals surface area contributed by atoms with Gasteiger partial charge in [0.1, 0.15) is 18.2 Å². The summed E-state index contributed by atoms with van der Waals surface area (Å²) in [7, 11) is 2.73. The molecule has 5 rings (SSSR count). The fourth-order valence-electron chi connectivity index (χ4n) is 11.3. The average Bonchev–Trinajstić information content (AvgIpc) is 3.47. The second kappa shape index (κ2) is 21.2. The van der Waals surface area contributed by atoms with Crippen molar-refractivity contribution in [3.63, 3.8) is 0 Å². The van der Waals surface area contributed by atoms with Crippen molar-refractivity contribution in [2.75, 3.05) is 27.9 Å². The van der Waals surface area contributed by atoms with Gasteiger partial charge in [-0.2, -0.15) is 0 Å². The van der Waals surface area contributed by atoms with Gasteiger partial charge in [0.05, 0.1) is 48.3 Å². The van der Waals surface area contributed by atoms with E-state index in [2.05, 4.69) is 39.9 Å². The molecule has 4 bridgehead atoms. The molecule has 1 saturated carbocycles. The van der Waals surface area contributed by atoms with Crippen LogP contribution < -0.4 is 0 Å². The van der Waals surface area contributed by atoms with Crippen molar-refractivity contribution < 1.29 is 62.6 Å². The molecule has 0 aromatic heterocycles. The number of hydrogen-bond donors (Lipinski definition) is 3. The first-order chi connectivity index (χ1) is 29.9. The van der Waals surface area contributed by atoms with Crippen molar-refractivity contribution in [2.24, 2.45) is 29.6 Å². The van der Waals surface area contributed by atoms with Gasteiger partial charge < -0.3 is 53.1 Å². The first-order valence-electron chi connectivity index (χ1n) is 24.3. The molecular formula is C49H85NO13Si. The Balaban J connectivity index is 1.52. The van der Waals surface area contributed by atoms with Crippen molar-refractivity contribution in [1.29, 1.82) is 0 Å². The number of methoxy groups -OCH3 is 3. The highest BCUT2D eigenvalue weighted by Crippen LogP contribution is 2.46. The third-order valence-corrected chi connectivity index (χ3v) is 20.8. The van der Waals surface area contributed by atoms with Crippen LogP contribution in [0.25, 0.3) is 0 Å². The SMILES string of the molecule is CC[C@@H]1C(O)C2(C)C[C@H](C)C[C@H](OC)[C@H]3O[C@@](O)(C(=O)C(=O)N4CCCC[C@H]4C(=O)O[C@@H](/C(C)=C/[C@@H]4CC[C@@H](O[Si](C)(C)C(C)(C)C)[C@H](OC)C4)[C@H](C)[C@@H](O)C[C@@H]1O2)[C@H](C)C[C@@H]3OC. The van der Waals surface area contributed by atoms with Gasteiger partial charge in [0.25, 0.3) is 11.7 Å². The summed E-state index contributed by atoms with van der Waals surface area (Å²) in [6.07, 6.45) is 2.30. The van der Waals surface area contributed by atoms with Gasteiger partial charge >= 0.3 is 5.97 Å². The molecule has 0 aromatic carbocycles. The topological polar surface area (TPSA) is 180 Å². The van der Waals surface area contributed by atoms with Gasteiger partial charge in [0.2, 0.25) is 5.79 Å². The fraction of sp³-hybridized carbons (Fsp3) is 0.898. The van der Waals surface area contributed by atoms with Crippen LogP contribution in [-0.2, 0) is 47.2 Å². The number of esters is 1. The Hall–Kier alpha value is -1.79. The van der Waals surface area contributed by atoms with E-state index in [4.69, 9.17) is 32.8 Å². The Bertz CT molecular complexity index is 1640. The Labute approximate surface area is 384 Å². The van der Waals surface area contributed by atoms with E-state index < -0.39 is 98.0 Å². The van der Waals surface area contributed by atoms with Crippen molar-refractivity contribution in [3.8, 4) is 0 Å². The molecule has 2 unspecified atom stereocenters. The molecule has 5 aliphatic rings. The van der Waals surface area contributed by atoms with Gasteiger partial charge in [-0.1, -0.05) is 54.5 Å². The zero-order chi connectivity index (χ0) is 47.7. The lowest BCUT2D eigenvalue weighted by Crippen LogP contribution is -2.64. The van der Waals surface area contributed by atoms with Gasteiger partial charge in [0, 0.05) is 52.0 Å². The molecule has 4 heterocycles. The molecule has 368 valence electrons. The lowest BCUT2D eigenvalue weighted by molar-refractivity contribution is -0.302. The van der Waals surface area contributed by atoms with E-state index in [0.717, 1.165) is 18.4 Å². The van der Waals surface area contributed by atoms with Crippen LogP contribution in [0, 0.1) is 29.6 Å². The molecule has 0 spiro atoms. The molecule has 3 N–H and O–H groups in total. The Morgan fingerprint density at radius 2 is 1.53 bits per heavy atom. The normalized spacial score (nSPS) is 42.8. The molecular weight excluding hydrogens is 839 g/mol. The van der Waals surface area contributed by atoms with E-state index in [0.29, 0.717) is 38.5 Å². The van der Waals surface area contributed by atoms with E-state index in [-0.39, 0.29) is 60.8 Å². The molecule has 0 aromatic rings. The van der Waals surface area contributed by atoms with Gasteiger partial charge in [-0.3, -0.25) is 9.59 Å². The van der Waals surface area contributed by atoms with E-state index >= 15 is 0 Å². The van der Waals surface area contributed by atoms with Crippen LogP contribution >= 0.6 is 0 Å². The molecule has 4 saturated heterocycles. The third-order valence-electron chi connectivity index (χ3n) is 16.3. The summed E-state index contributed by atoms with van der Waals surface area (Å²) in [6, 6.07) is -1.10. The highest BCUT2D eigenvalue weighted by atomic mass is 28.4. The second-order valence-corrected chi connectivity index (χ2v) is 26.8. The highest BCUT2D eigenvalue weighted by molar-refractivity contribution is 6.74. The van der Waals surface area contributed by atoms with Crippen molar-refractivity contribution >= 4 is 26.0 Å². The number of nitrogens with zero attached hydrogens (tertiary/aromatic N) is 1. The minimum absolute atomic E-state index is 0.0348. The minimum Gasteiger partial charge on any atom is -0.456 e. The number of piperidine rings is 1. The number of ether oxygens (including phenoxy) is 6. The maximum Gasteiger partial charge on any atom is 0.329 e. The molecule has 17 atom stereocenters. The van der Waals surface area contributed by atoms with E-state index in [1.807, 2.05) is 34.6 Å². The highest BCUT2D eigenvalue weighted by Gasteiger charge is 2.58. The molecule has 1 aliphatic carbocycles. The molecule has 1 amide bonds. The Morgan fingerprint density at radius 1 is 0.891 bits per heavy atom. The number of amides is 1. The summed E-state index contributed by atoms with van der Waals surface area (Å²) < 4.78 is 44.4. The number of cyclic esters (lactones) is 1. The van der Waals surface area contributed by atoms with Crippen LogP contribution in [0.4, 0.5) is 0 Å². The maximum atomic E-state index is 14.6. The smallest absolute Gasteiger partial charge is 0.329 e. The summed E-state index contributed by atoms with van der Waals surface area (Å²) in [6.45, 7) is 22.7. The van der Waals surface area contributed by atoms with Crippen LogP contribution in [0.1, 0.15) is 133 Å². The molecule has 15 heteroatoms. The molecule has 4 aliphatic heterocycles. The summed E-state index contributed by atoms with van der Waals surface area (Å²) >= 11 is 0. The van der Waals surface area contributed by atoms with Gasteiger partial charge in [-0.05, 0) is 114 Å². The van der Waals surface area contributed by atoms with Crippen molar-refractivity contribution in [1.82, 2.24) is 4.90 Å². The molecule has 14 nitrogen and oxygen atoms in total. The number of aliphatic hydroxyl groups is 3. The van der Waals surface area contributed by atoms with Crippen molar-refractivity contribution in [3.05, 3.63) is 11.6 Å². The van der Waals surface area contributed by atoms with Gasteiger partial charge in [-0.15, -0.1) is 0 Å². The maximum absolute atomic E-state index is 14.6. The molecule has 5 fully saturated rings. The zero-order valence-corrected chi connectivity index (χ0v) is 42.6. The summed E-state index contributed by atoms with van der Waals surface area (Å²) in [5, 5.41) is 36.3. The predicted octanol–water partition coefficient (Wildman–Crippen LogP) is 6.51.